The molecular weight excluding hydrogens is 491 g/mol. The summed E-state index contributed by atoms with van der Waals surface area (Å²) in [5.74, 6) is 0.112. The third-order valence-corrected chi connectivity index (χ3v) is 9.43. The van der Waals surface area contributed by atoms with E-state index in [1.54, 1.807) is 24.3 Å². The van der Waals surface area contributed by atoms with Crippen LogP contribution in [0.25, 0.3) is 11.0 Å². The molecule has 1 atom stereocenters. The summed E-state index contributed by atoms with van der Waals surface area (Å²) in [7, 11) is -3.18. The maximum atomic E-state index is 14.7. The second-order valence-corrected chi connectivity index (χ2v) is 11.8. The third-order valence-electron chi connectivity index (χ3n) is 7.03. The van der Waals surface area contributed by atoms with Crippen LogP contribution in [-0.4, -0.2) is 46.0 Å². The predicted octanol–water partition coefficient (Wildman–Crippen LogP) is 5.25. The highest BCUT2D eigenvalue weighted by atomic mass is 32.2. The van der Waals surface area contributed by atoms with Gasteiger partial charge in [-0.1, -0.05) is 18.2 Å². The van der Waals surface area contributed by atoms with Crippen LogP contribution < -0.4 is 5.32 Å². The molecule has 1 aliphatic carbocycles. The molecule has 11 heteroatoms. The number of halogens is 3. The van der Waals surface area contributed by atoms with Crippen molar-refractivity contribution in [1.29, 1.82) is 0 Å². The number of benzene rings is 1. The van der Waals surface area contributed by atoms with Gasteiger partial charge in [-0.05, 0) is 57.1 Å². The molecule has 36 heavy (non-hydrogen) atoms. The first-order valence-electron chi connectivity index (χ1n) is 12.1. The monoisotopic (exact) mass is 519 g/mol. The predicted molar refractivity (Wildman–Crippen MR) is 131 cm³/mol. The molecule has 2 aliphatic rings. The Bertz CT molecular complexity index is 1390. The van der Waals surface area contributed by atoms with E-state index in [4.69, 9.17) is 0 Å². The van der Waals surface area contributed by atoms with Gasteiger partial charge in [0.25, 0.3) is 6.43 Å². The molecular formula is C25H28F3N5O2S. The Balaban J connectivity index is 1.40. The Labute approximate surface area is 208 Å². The number of hydrogen-bond acceptors (Lipinski definition) is 6. The summed E-state index contributed by atoms with van der Waals surface area (Å²) in [5.41, 5.74) is 0.908. The van der Waals surface area contributed by atoms with E-state index in [9.17, 15) is 21.6 Å². The van der Waals surface area contributed by atoms with Gasteiger partial charge in [0.05, 0.1) is 22.2 Å². The van der Waals surface area contributed by atoms with E-state index in [0.717, 1.165) is 24.5 Å². The number of alkyl halides is 2. The van der Waals surface area contributed by atoms with E-state index < -0.39 is 33.9 Å². The number of aryl methyl sites for hydroxylation is 1. The largest absolute Gasteiger partial charge is 0.363 e. The molecule has 0 spiro atoms. The summed E-state index contributed by atoms with van der Waals surface area (Å²) in [4.78, 5) is 13.4. The van der Waals surface area contributed by atoms with Crippen LogP contribution in [0.5, 0.6) is 0 Å². The molecule has 1 aliphatic heterocycles. The van der Waals surface area contributed by atoms with Gasteiger partial charge in [-0.15, -0.1) is 0 Å². The molecule has 0 amide bonds. The number of pyridine rings is 1. The lowest BCUT2D eigenvalue weighted by molar-refractivity contribution is 0.146. The lowest BCUT2D eigenvalue weighted by Gasteiger charge is -2.31. The van der Waals surface area contributed by atoms with Crippen LogP contribution in [0.2, 0.25) is 0 Å². The van der Waals surface area contributed by atoms with E-state index in [1.807, 2.05) is 6.07 Å². The van der Waals surface area contributed by atoms with Crippen LogP contribution in [0, 0.1) is 12.7 Å². The minimum atomic E-state index is -3.18. The first kappa shape index (κ1) is 24.9. The highest BCUT2D eigenvalue weighted by Gasteiger charge is 2.41. The molecule has 192 valence electrons. The van der Waals surface area contributed by atoms with Crippen molar-refractivity contribution >= 4 is 26.9 Å². The number of sulfonamides is 1. The maximum Gasteiger partial charge on any atom is 0.266 e. The standard InChI is InChI=1S/C25H28F3N5O2S/c1-14(19-4-3-5-20(22(19)26)23(27)28)30-25-21-12-17(13-29-24(21)31-15(2)32-25)16-8-10-33(11-9-16)36(34,35)18-6-7-18/h3-5,12-14,16,18,23H,6-11H2,1-2H3,(H,29,30,31,32). The van der Waals surface area contributed by atoms with E-state index in [0.29, 0.717) is 48.6 Å². The molecule has 7 nitrogen and oxygen atoms in total. The topological polar surface area (TPSA) is 88.1 Å². The molecule has 1 saturated carbocycles. The van der Waals surface area contributed by atoms with Crippen LogP contribution in [-0.2, 0) is 10.0 Å². The molecule has 1 saturated heterocycles. The van der Waals surface area contributed by atoms with Crippen molar-refractivity contribution in [2.45, 2.75) is 63.2 Å². The average Bonchev–Trinajstić information content (AvgIpc) is 3.70. The number of anilines is 1. The van der Waals surface area contributed by atoms with Crippen LogP contribution in [0.3, 0.4) is 0 Å². The lowest BCUT2D eigenvalue weighted by Crippen LogP contribution is -2.39. The maximum absolute atomic E-state index is 14.7. The van der Waals surface area contributed by atoms with Crippen LogP contribution in [0.1, 0.15) is 73.5 Å². The molecule has 0 bridgehead atoms. The van der Waals surface area contributed by atoms with Crippen molar-refractivity contribution in [2.24, 2.45) is 0 Å². The first-order chi connectivity index (χ1) is 17.1. The number of fused-ring (bicyclic) bond motifs is 1. The van der Waals surface area contributed by atoms with Crippen molar-refractivity contribution < 1.29 is 21.6 Å². The summed E-state index contributed by atoms with van der Waals surface area (Å²) >= 11 is 0. The minimum absolute atomic E-state index is 0.116. The highest BCUT2D eigenvalue weighted by molar-refractivity contribution is 7.90. The second-order valence-electron chi connectivity index (χ2n) is 9.59. The van der Waals surface area contributed by atoms with Gasteiger partial charge in [-0.3, -0.25) is 0 Å². The molecule has 1 N–H and O–H groups in total. The van der Waals surface area contributed by atoms with Crippen molar-refractivity contribution in [3.8, 4) is 0 Å². The number of rotatable bonds is 7. The molecule has 3 heterocycles. The highest BCUT2D eigenvalue weighted by Crippen LogP contribution is 2.36. The van der Waals surface area contributed by atoms with Gasteiger partial charge in [-0.25, -0.2) is 40.8 Å². The van der Waals surface area contributed by atoms with Crippen molar-refractivity contribution in [3.05, 3.63) is 58.8 Å². The molecule has 1 unspecified atom stereocenters. The van der Waals surface area contributed by atoms with Crippen molar-refractivity contribution in [1.82, 2.24) is 19.3 Å². The fourth-order valence-electron chi connectivity index (χ4n) is 4.85. The van der Waals surface area contributed by atoms with Gasteiger partial charge < -0.3 is 5.32 Å². The van der Waals surface area contributed by atoms with Crippen LogP contribution in [0.15, 0.2) is 30.5 Å². The van der Waals surface area contributed by atoms with Crippen LogP contribution >= 0.6 is 0 Å². The molecule has 2 aromatic heterocycles. The minimum Gasteiger partial charge on any atom is -0.363 e. The van der Waals surface area contributed by atoms with E-state index >= 15 is 0 Å². The number of piperidine rings is 1. The zero-order valence-corrected chi connectivity index (χ0v) is 20.9. The third kappa shape index (κ3) is 4.78. The van der Waals surface area contributed by atoms with Crippen molar-refractivity contribution in [2.75, 3.05) is 18.4 Å². The first-order valence-corrected chi connectivity index (χ1v) is 13.6. The van der Waals surface area contributed by atoms with Crippen LogP contribution in [0.4, 0.5) is 19.0 Å². The summed E-state index contributed by atoms with van der Waals surface area (Å²) < 4.78 is 67.8. The smallest absolute Gasteiger partial charge is 0.266 e. The molecule has 0 radical (unpaired) electrons. The summed E-state index contributed by atoms with van der Waals surface area (Å²) in [5, 5.41) is 3.59. The van der Waals surface area contributed by atoms with Gasteiger partial charge in [0, 0.05) is 24.8 Å². The molecule has 1 aromatic carbocycles. The summed E-state index contributed by atoms with van der Waals surface area (Å²) in [6.45, 7) is 4.37. The van der Waals surface area contributed by atoms with Gasteiger partial charge >= 0.3 is 0 Å². The van der Waals surface area contributed by atoms with Gasteiger partial charge in [0.1, 0.15) is 17.5 Å². The lowest BCUT2D eigenvalue weighted by atomic mass is 9.91. The SMILES string of the molecule is Cc1nc(NC(C)c2cccc(C(F)F)c2F)c2cc(C3CCN(S(=O)(=O)C4CC4)CC3)cnc2n1. The molecule has 5 rings (SSSR count). The average molecular weight is 520 g/mol. The number of aromatic nitrogens is 3. The Morgan fingerprint density at radius 1 is 1.08 bits per heavy atom. The Morgan fingerprint density at radius 3 is 2.44 bits per heavy atom. The molecule has 3 aromatic rings. The zero-order valence-electron chi connectivity index (χ0n) is 20.1. The number of nitrogens with one attached hydrogen (secondary N) is 1. The van der Waals surface area contributed by atoms with E-state index in [2.05, 4.69) is 20.3 Å². The molecule has 2 fully saturated rings. The Morgan fingerprint density at radius 2 is 1.78 bits per heavy atom. The van der Waals surface area contributed by atoms with Gasteiger partial charge in [-0.2, -0.15) is 0 Å². The van der Waals surface area contributed by atoms with E-state index in [-0.39, 0.29) is 16.7 Å². The zero-order chi connectivity index (χ0) is 25.6. The summed E-state index contributed by atoms with van der Waals surface area (Å²) in [6, 6.07) is 5.27. The van der Waals surface area contributed by atoms with Crippen molar-refractivity contribution in [3.63, 3.8) is 0 Å². The fourth-order valence-corrected chi connectivity index (χ4v) is 6.72. The number of nitrogens with zero attached hydrogens (tertiary/aromatic N) is 4. The van der Waals surface area contributed by atoms with Gasteiger partial charge in [0.15, 0.2) is 5.65 Å². The van der Waals surface area contributed by atoms with Gasteiger partial charge in [0.2, 0.25) is 10.0 Å². The Hall–Kier alpha value is -2.79. The quantitative estimate of drug-likeness (QED) is 0.459. The van der Waals surface area contributed by atoms with E-state index in [1.165, 1.54) is 12.1 Å². The summed E-state index contributed by atoms with van der Waals surface area (Å²) in [6.07, 6.45) is 1.75. The fraction of sp³-hybridized carbons (Fsp3) is 0.480. The number of hydrogen-bond donors (Lipinski definition) is 1. The Kier molecular flexibility index (Phi) is 6.63. The normalized spacial score (nSPS) is 18.6. The second kappa shape index (κ2) is 9.59.